The number of carbonyl (C=O) groups excluding carboxylic acids is 1. The second kappa shape index (κ2) is 4.93. The first-order chi connectivity index (χ1) is 8.99. The van der Waals surface area contributed by atoms with Crippen LogP contribution in [-0.4, -0.2) is 27.2 Å². The molecule has 0 aliphatic rings. The van der Waals surface area contributed by atoms with Crippen LogP contribution in [0.25, 0.3) is 0 Å². The number of carboxylic acids is 1. The van der Waals surface area contributed by atoms with Gasteiger partial charge in [-0.1, -0.05) is 17.7 Å². The Morgan fingerprint density at radius 3 is 2.68 bits per heavy atom. The van der Waals surface area contributed by atoms with Crippen molar-refractivity contribution in [1.29, 1.82) is 0 Å². The zero-order chi connectivity index (χ0) is 14.0. The van der Waals surface area contributed by atoms with E-state index in [1.807, 2.05) is 13.0 Å². The van der Waals surface area contributed by atoms with E-state index in [1.54, 1.807) is 25.1 Å². The van der Waals surface area contributed by atoms with Crippen molar-refractivity contribution in [2.75, 3.05) is 5.32 Å². The van der Waals surface area contributed by atoms with Crippen molar-refractivity contribution in [3.63, 3.8) is 0 Å². The molecule has 6 heteroatoms. The van der Waals surface area contributed by atoms with Gasteiger partial charge in [-0.05, 0) is 26.0 Å². The molecule has 1 aromatic carbocycles. The molecule has 0 fully saturated rings. The summed E-state index contributed by atoms with van der Waals surface area (Å²) < 4.78 is 0. The average Bonchev–Trinajstić information content (AvgIpc) is 2.70. The smallest absolute Gasteiger partial charge is 0.341 e. The van der Waals surface area contributed by atoms with Gasteiger partial charge in [0.15, 0.2) is 5.82 Å². The number of carbonyl (C=O) groups is 2. The largest absolute Gasteiger partial charge is 0.477 e. The number of aryl methyl sites for hydroxylation is 2. The third kappa shape index (κ3) is 2.62. The van der Waals surface area contributed by atoms with Crippen molar-refractivity contribution >= 4 is 17.7 Å². The highest BCUT2D eigenvalue weighted by Gasteiger charge is 2.19. The fraction of sp³-hybridized carbons (Fsp3) is 0.154. The monoisotopic (exact) mass is 259 g/mol. The summed E-state index contributed by atoms with van der Waals surface area (Å²) in [7, 11) is 0. The van der Waals surface area contributed by atoms with Crippen LogP contribution in [0.5, 0.6) is 0 Å². The number of rotatable bonds is 3. The summed E-state index contributed by atoms with van der Waals surface area (Å²) in [5.74, 6) is -1.50. The number of hydrogen-bond acceptors (Lipinski definition) is 3. The van der Waals surface area contributed by atoms with Crippen LogP contribution in [0.1, 0.15) is 32.0 Å². The molecule has 98 valence electrons. The van der Waals surface area contributed by atoms with Crippen LogP contribution in [0.4, 0.5) is 5.82 Å². The predicted octanol–water partition coefficient (Wildman–Crippen LogP) is 1.98. The van der Waals surface area contributed by atoms with E-state index in [-0.39, 0.29) is 11.4 Å². The normalized spacial score (nSPS) is 10.2. The first kappa shape index (κ1) is 12.8. The maximum Gasteiger partial charge on any atom is 0.341 e. The maximum absolute atomic E-state index is 12.0. The lowest BCUT2D eigenvalue weighted by Crippen LogP contribution is -2.14. The molecule has 0 spiro atoms. The van der Waals surface area contributed by atoms with E-state index in [0.717, 1.165) is 5.56 Å². The number of nitrogens with one attached hydrogen (secondary N) is 2. The highest BCUT2D eigenvalue weighted by atomic mass is 16.4. The second-order valence-electron chi connectivity index (χ2n) is 4.20. The summed E-state index contributed by atoms with van der Waals surface area (Å²) in [6.07, 6.45) is 0. The van der Waals surface area contributed by atoms with Gasteiger partial charge in [0, 0.05) is 11.3 Å². The summed E-state index contributed by atoms with van der Waals surface area (Å²) in [6, 6.07) is 7.01. The molecule has 0 bridgehead atoms. The number of aromatic amines is 1. The number of H-pyrrole nitrogens is 1. The van der Waals surface area contributed by atoms with Crippen molar-refractivity contribution < 1.29 is 14.7 Å². The van der Waals surface area contributed by atoms with Gasteiger partial charge in [-0.2, -0.15) is 5.10 Å². The fourth-order valence-corrected chi connectivity index (χ4v) is 1.75. The minimum absolute atomic E-state index is 0.0245. The van der Waals surface area contributed by atoms with Crippen LogP contribution >= 0.6 is 0 Å². The van der Waals surface area contributed by atoms with Crippen LogP contribution in [0.15, 0.2) is 24.3 Å². The third-order valence-electron chi connectivity index (χ3n) is 2.67. The van der Waals surface area contributed by atoms with Gasteiger partial charge in [-0.25, -0.2) is 4.79 Å². The Balaban J connectivity index is 2.27. The molecule has 0 saturated heterocycles. The van der Waals surface area contributed by atoms with E-state index < -0.39 is 11.9 Å². The molecule has 0 atom stereocenters. The van der Waals surface area contributed by atoms with E-state index >= 15 is 0 Å². The molecular formula is C13H13N3O3. The van der Waals surface area contributed by atoms with E-state index in [0.29, 0.717) is 11.3 Å². The van der Waals surface area contributed by atoms with Crippen LogP contribution in [0.3, 0.4) is 0 Å². The molecule has 1 heterocycles. The number of carboxylic acid groups (broad SMARTS) is 1. The van der Waals surface area contributed by atoms with Crippen molar-refractivity contribution in [3.05, 3.63) is 46.6 Å². The molecule has 0 unspecified atom stereocenters. The van der Waals surface area contributed by atoms with Crippen LogP contribution in [0.2, 0.25) is 0 Å². The Bertz CT molecular complexity index is 646. The Morgan fingerprint density at radius 1 is 1.32 bits per heavy atom. The maximum atomic E-state index is 12.0. The van der Waals surface area contributed by atoms with Crippen molar-refractivity contribution in [2.45, 2.75) is 13.8 Å². The van der Waals surface area contributed by atoms with Crippen LogP contribution in [-0.2, 0) is 0 Å². The summed E-state index contributed by atoms with van der Waals surface area (Å²) in [5, 5.41) is 17.9. The Labute approximate surface area is 109 Å². The number of anilines is 1. The molecule has 0 saturated carbocycles. The molecule has 0 aliphatic heterocycles. The topological polar surface area (TPSA) is 95.1 Å². The number of nitrogens with zero attached hydrogens (tertiary/aromatic N) is 1. The molecule has 0 radical (unpaired) electrons. The van der Waals surface area contributed by atoms with Crippen LogP contribution < -0.4 is 5.32 Å². The molecule has 1 aromatic heterocycles. The minimum atomic E-state index is -1.13. The molecule has 3 N–H and O–H groups in total. The lowest BCUT2D eigenvalue weighted by molar-refractivity contribution is 0.0697. The number of amides is 1. The standard InChI is InChI=1S/C13H13N3O3/c1-7-4-3-5-9(6-7)12(17)14-11-10(13(18)19)8(2)15-16-11/h3-6H,1-2H3,(H,18,19)(H2,14,15,16,17). The number of aromatic carboxylic acids is 1. The minimum Gasteiger partial charge on any atom is -0.477 e. The summed E-state index contributed by atoms with van der Waals surface area (Å²) >= 11 is 0. The molecule has 2 rings (SSSR count). The SMILES string of the molecule is Cc1cccc(C(=O)Nc2n[nH]c(C)c2C(=O)O)c1. The molecule has 0 aliphatic carbocycles. The highest BCUT2D eigenvalue weighted by Crippen LogP contribution is 2.17. The fourth-order valence-electron chi connectivity index (χ4n) is 1.75. The zero-order valence-electron chi connectivity index (χ0n) is 10.5. The predicted molar refractivity (Wildman–Crippen MR) is 69.4 cm³/mol. The second-order valence-corrected chi connectivity index (χ2v) is 4.20. The van der Waals surface area contributed by atoms with Crippen molar-refractivity contribution in [2.24, 2.45) is 0 Å². The Morgan fingerprint density at radius 2 is 2.05 bits per heavy atom. The zero-order valence-corrected chi connectivity index (χ0v) is 10.5. The van der Waals surface area contributed by atoms with Gasteiger partial charge in [0.25, 0.3) is 5.91 Å². The van der Waals surface area contributed by atoms with Gasteiger partial charge >= 0.3 is 5.97 Å². The number of aromatic nitrogens is 2. The van der Waals surface area contributed by atoms with Gasteiger partial charge < -0.3 is 10.4 Å². The van der Waals surface area contributed by atoms with E-state index in [4.69, 9.17) is 5.11 Å². The van der Waals surface area contributed by atoms with Gasteiger partial charge in [0.05, 0.1) is 0 Å². The van der Waals surface area contributed by atoms with Gasteiger partial charge in [0.2, 0.25) is 0 Å². The molecular weight excluding hydrogens is 246 g/mol. The summed E-state index contributed by atoms with van der Waals surface area (Å²) in [4.78, 5) is 23.1. The molecule has 2 aromatic rings. The molecule has 6 nitrogen and oxygen atoms in total. The third-order valence-corrected chi connectivity index (χ3v) is 2.67. The van der Waals surface area contributed by atoms with Crippen molar-refractivity contribution in [1.82, 2.24) is 10.2 Å². The highest BCUT2D eigenvalue weighted by molar-refractivity contribution is 6.07. The Hall–Kier alpha value is -2.63. The molecule has 19 heavy (non-hydrogen) atoms. The molecule has 1 amide bonds. The van der Waals surface area contributed by atoms with E-state index in [1.165, 1.54) is 0 Å². The van der Waals surface area contributed by atoms with Crippen molar-refractivity contribution in [3.8, 4) is 0 Å². The van der Waals surface area contributed by atoms with Gasteiger partial charge in [0.1, 0.15) is 5.56 Å². The Kier molecular flexibility index (Phi) is 3.33. The lowest BCUT2D eigenvalue weighted by atomic mass is 10.1. The summed E-state index contributed by atoms with van der Waals surface area (Å²) in [6.45, 7) is 3.46. The average molecular weight is 259 g/mol. The first-order valence-corrected chi connectivity index (χ1v) is 5.65. The van der Waals surface area contributed by atoms with E-state index in [2.05, 4.69) is 15.5 Å². The van der Waals surface area contributed by atoms with Gasteiger partial charge in [-0.3, -0.25) is 9.89 Å². The first-order valence-electron chi connectivity index (χ1n) is 5.65. The van der Waals surface area contributed by atoms with Crippen LogP contribution in [0, 0.1) is 13.8 Å². The van der Waals surface area contributed by atoms with E-state index in [9.17, 15) is 9.59 Å². The summed E-state index contributed by atoms with van der Waals surface area (Å²) in [5.41, 5.74) is 1.77. The quantitative estimate of drug-likeness (QED) is 0.785. The van der Waals surface area contributed by atoms with Gasteiger partial charge in [-0.15, -0.1) is 0 Å². The lowest BCUT2D eigenvalue weighted by Gasteiger charge is -2.04. The number of benzene rings is 1. The number of hydrogen-bond donors (Lipinski definition) is 3.